The molecule has 1 aliphatic carbocycles. The first kappa shape index (κ1) is 9.91. The Morgan fingerprint density at radius 1 is 1.42 bits per heavy atom. The van der Waals surface area contributed by atoms with E-state index in [9.17, 15) is 8.42 Å². The summed E-state index contributed by atoms with van der Waals surface area (Å²) in [4.78, 5) is 0. The van der Waals surface area contributed by atoms with Gasteiger partial charge in [0.15, 0.2) is 0 Å². The molecule has 0 spiro atoms. The van der Waals surface area contributed by atoms with Crippen LogP contribution in [0.5, 0.6) is 0 Å². The fraction of sp³-hybridized carbons (Fsp3) is 1.00. The third kappa shape index (κ3) is 3.06. The van der Waals surface area contributed by atoms with E-state index in [0.717, 1.165) is 19.3 Å². The lowest BCUT2D eigenvalue weighted by molar-refractivity contribution is 0.461. The number of rotatable bonds is 5. The Balaban J connectivity index is 2.32. The van der Waals surface area contributed by atoms with Crippen LogP contribution in [0.4, 0.5) is 0 Å². The van der Waals surface area contributed by atoms with E-state index in [2.05, 4.69) is 4.72 Å². The molecule has 0 atom stereocenters. The van der Waals surface area contributed by atoms with Crippen molar-refractivity contribution < 1.29 is 8.42 Å². The molecule has 0 unspecified atom stereocenters. The van der Waals surface area contributed by atoms with E-state index in [1.807, 2.05) is 0 Å². The van der Waals surface area contributed by atoms with E-state index in [1.54, 1.807) is 0 Å². The Morgan fingerprint density at radius 2 is 2.00 bits per heavy atom. The van der Waals surface area contributed by atoms with E-state index in [1.165, 1.54) is 0 Å². The van der Waals surface area contributed by atoms with Gasteiger partial charge < -0.3 is 5.73 Å². The standard InChI is InChI=1S/C6H15N3O2S/c7-4-3-6(1-2-6)5-9-12(8,10)11/h9H,1-5,7H2,(H2,8,10,11). The molecule has 1 fully saturated rings. The van der Waals surface area contributed by atoms with Gasteiger partial charge in [0.2, 0.25) is 0 Å². The molecule has 0 heterocycles. The van der Waals surface area contributed by atoms with E-state index >= 15 is 0 Å². The normalized spacial score (nSPS) is 20.8. The zero-order valence-corrected chi connectivity index (χ0v) is 7.73. The van der Waals surface area contributed by atoms with Crippen LogP contribution in [-0.4, -0.2) is 21.5 Å². The predicted octanol–water partition coefficient (Wildman–Crippen LogP) is -1.09. The second kappa shape index (κ2) is 3.29. The first-order chi connectivity index (χ1) is 5.47. The second-order valence-corrected chi connectivity index (χ2v) is 4.78. The lowest BCUT2D eigenvalue weighted by atomic mass is 10.0. The van der Waals surface area contributed by atoms with Gasteiger partial charge in [0, 0.05) is 6.54 Å². The highest BCUT2D eigenvalue weighted by molar-refractivity contribution is 7.87. The van der Waals surface area contributed by atoms with Crippen LogP contribution in [0.3, 0.4) is 0 Å². The highest BCUT2D eigenvalue weighted by atomic mass is 32.2. The van der Waals surface area contributed by atoms with Crippen molar-refractivity contribution in [3.05, 3.63) is 0 Å². The SMILES string of the molecule is NCCC1(CNS(N)(=O)=O)CC1. The Bertz CT molecular complexity index is 246. The van der Waals surface area contributed by atoms with Crippen LogP contribution in [0.15, 0.2) is 0 Å². The number of nitrogens with one attached hydrogen (secondary N) is 1. The highest BCUT2D eigenvalue weighted by Crippen LogP contribution is 2.47. The molecule has 5 nitrogen and oxygen atoms in total. The Hall–Kier alpha value is -0.170. The molecule has 0 aromatic carbocycles. The number of nitrogens with two attached hydrogens (primary N) is 2. The van der Waals surface area contributed by atoms with Gasteiger partial charge in [-0.05, 0) is 31.2 Å². The van der Waals surface area contributed by atoms with Gasteiger partial charge in [0.05, 0.1) is 0 Å². The van der Waals surface area contributed by atoms with Crippen LogP contribution in [-0.2, 0) is 10.2 Å². The van der Waals surface area contributed by atoms with Crippen molar-refractivity contribution in [1.29, 1.82) is 0 Å². The molecule has 0 aromatic heterocycles. The summed E-state index contributed by atoms with van der Waals surface area (Å²) in [5.74, 6) is 0. The minimum Gasteiger partial charge on any atom is -0.330 e. The van der Waals surface area contributed by atoms with Crippen molar-refractivity contribution in [2.24, 2.45) is 16.3 Å². The summed E-state index contributed by atoms with van der Waals surface area (Å²) in [6, 6.07) is 0. The third-order valence-corrected chi connectivity index (χ3v) is 2.83. The van der Waals surface area contributed by atoms with Crippen LogP contribution in [0, 0.1) is 5.41 Å². The zero-order valence-electron chi connectivity index (χ0n) is 6.91. The fourth-order valence-corrected chi connectivity index (χ4v) is 1.76. The Morgan fingerprint density at radius 3 is 2.33 bits per heavy atom. The van der Waals surface area contributed by atoms with E-state index in [4.69, 9.17) is 10.9 Å². The molecular weight excluding hydrogens is 178 g/mol. The zero-order chi connectivity index (χ0) is 9.24. The van der Waals surface area contributed by atoms with Crippen molar-refractivity contribution in [1.82, 2.24) is 4.72 Å². The van der Waals surface area contributed by atoms with E-state index < -0.39 is 10.2 Å². The predicted molar refractivity (Wildman–Crippen MR) is 46.4 cm³/mol. The monoisotopic (exact) mass is 193 g/mol. The van der Waals surface area contributed by atoms with Gasteiger partial charge in [0.25, 0.3) is 10.2 Å². The van der Waals surface area contributed by atoms with Crippen LogP contribution in [0.1, 0.15) is 19.3 Å². The summed E-state index contributed by atoms with van der Waals surface area (Å²) in [7, 11) is -3.53. The molecule has 5 N–H and O–H groups in total. The van der Waals surface area contributed by atoms with Gasteiger partial charge in [-0.3, -0.25) is 0 Å². The first-order valence-electron chi connectivity index (χ1n) is 3.95. The molecule has 0 radical (unpaired) electrons. The molecule has 0 saturated heterocycles. The fourth-order valence-electron chi connectivity index (χ4n) is 1.25. The van der Waals surface area contributed by atoms with Crippen LogP contribution in [0.25, 0.3) is 0 Å². The number of hydrogen-bond acceptors (Lipinski definition) is 3. The molecule has 1 rings (SSSR count). The average Bonchev–Trinajstić information content (AvgIpc) is 2.65. The van der Waals surface area contributed by atoms with E-state index in [-0.39, 0.29) is 5.41 Å². The lowest BCUT2D eigenvalue weighted by Crippen LogP contribution is -2.36. The molecule has 0 aliphatic heterocycles. The molecule has 0 bridgehead atoms. The summed E-state index contributed by atoms with van der Waals surface area (Å²) in [6.45, 7) is 1.04. The minimum absolute atomic E-state index is 0.112. The first-order valence-corrected chi connectivity index (χ1v) is 5.50. The minimum atomic E-state index is -3.53. The molecule has 12 heavy (non-hydrogen) atoms. The van der Waals surface area contributed by atoms with Gasteiger partial charge in [0.1, 0.15) is 0 Å². The Labute approximate surface area is 72.7 Å². The smallest absolute Gasteiger partial charge is 0.274 e. The lowest BCUT2D eigenvalue weighted by Gasteiger charge is -2.12. The molecule has 1 aliphatic rings. The summed E-state index contributed by atoms with van der Waals surface area (Å²) in [5, 5.41) is 4.80. The van der Waals surface area contributed by atoms with Crippen molar-refractivity contribution >= 4 is 10.2 Å². The highest BCUT2D eigenvalue weighted by Gasteiger charge is 2.41. The van der Waals surface area contributed by atoms with Crippen molar-refractivity contribution in [2.75, 3.05) is 13.1 Å². The average molecular weight is 193 g/mol. The molecular formula is C6H15N3O2S. The van der Waals surface area contributed by atoms with Gasteiger partial charge in [-0.2, -0.15) is 8.42 Å². The van der Waals surface area contributed by atoms with Gasteiger partial charge in [-0.15, -0.1) is 0 Å². The van der Waals surface area contributed by atoms with E-state index in [0.29, 0.717) is 13.1 Å². The molecule has 0 aromatic rings. The summed E-state index contributed by atoms with van der Waals surface area (Å²) >= 11 is 0. The Kier molecular flexibility index (Phi) is 2.72. The quantitative estimate of drug-likeness (QED) is 0.517. The maximum absolute atomic E-state index is 10.5. The summed E-state index contributed by atoms with van der Waals surface area (Å²) in [6.07, 6.45) is 2.97. The molecule has 72 valence electrons. The molecule has 0 amide bonds. The van der Waals surface area contributed by atoms with Crippen molar-refractivity contribution in [2.45, 2.75) is 19.3 Å². The summed E-state index contributed by atoms with van der Waals surface area (Å²) in [5.41, 5.74) is 5.50. The van der Waals surface area contributed by atoms with Gasteiger partial charge in [-0.1, -0.05) is 0 Å². The van der Waals surface area contributed by atoms with Gasteiger partial charge >= 0.3 is 0 Å². The van der Waals surface area contributed by atoms with Crippen molar-refractivity contribution in [3.63, 3.8) is 0 Å². The topological polar surface area (TPSA) is 98.2 Å². The van der Waals surface area contributed by atoms with Gasteiger partial charge in [-0.25, -0.2) is 9.86 Å². The maximum Gasteiger partial charge on any atom is 0.274 e. The summed E-state index contributed by atoms with van der Waals surface area (Å²) < 4.78 is 23.4. The largest absolute Gasteiger partial charge is 0.330 e. The van der Waals surface area contributed by atoms with Crippen molar-refractivity contribution in [3.8, 4) is 0 Å². The number of hydrogen-bond donors (Lipinski definition) is 3. The maximum atomic E-state index is 10.5. The van der Waals surface area contributed by atoms with Crippen LogP contribution < -0.4 is 15.6 Å². The molecule has 1 saturated carbocycles. The van der Waals surface area contributed by atoms with Crippen LogP contribution >= 0.6 is 0 Å². The second-order valence-electron chi connectivity index (χ2n) is 3.40. The van der Waals surface area contributed by atoms with Crippen LogP contribution in [0.2, 0.25) is 0 Å². The molecule has 6 heteroatoms. The third-order valence-electron chi connectivity index (χ3n) is 2.28.